The van der Waals surface area contributed by atoms with Crippen molar-refractivity contribution in [1.82, 2.24) is 19.5 Å². The summed E-state index contributed by atoms with van der Waals surface area (Å²) in [7, 11) is 1.91. The van der Waals surface area contributed by atoms with E-state index >= 15 is 0 Å². The van der Waals surface area contributed by atoms with Crippen LogP contribution in [0.15, 0.2) is 6.33 Å². The molecular formula is C10H16N6. The zero-order chi connectivity index (χ0) is 11.7. The molecule has 1 atom stereocenters. The number of imidazole rings is 1. The molecule has 6 nitrogen and oxygen atoms in total. The molecule has 6 heteroatoms. The van der Waals surface area contributed by atoms with Crippen molar-refractivity contribution < 1.29 is 0 Å². The predicted molar refractivity (Wildman–Crippen MR) is 63.2 cm³/mol. The van der Waals surface area contributed by atoms with E-state index in [0.29, 0.717) is 12.5 Å². The number of hydrogen-bond acceptors (Lipinski definition) is 5. The van der Waals surface area contributed by atoms with Gasteiger partial charge in [0, 0.05) is 19.6 Å². The molecule has 0 spiro atoms. The lowest BCUT2D eigenvalue weighted by atomic mass is 10.3. The fourth-order valence-electron chi connectivity index (χ4n) is 1.49. The van der Waals surface area contributed by atoms with Crippen LogP contribution < -0.4 is 11.1 Å². The predicted octanol–water partition coefficient (Wildman–Crippen LogP) is 0.431. The normalized spacial score (nSPS) is 13.0. The maximum absolute atomic E-state index is 5.54. The van der Waals surface area contributed by atoms with Gasteiger partial charge < -0.3 is 15.6 Å². The molecule has 86 valence electrons. The summed E-state index contributed by atoms with van der Waals surface area (Å²) < 4.78 is 1.88. The summed E-state index contributed by atoms with van der Waals surface area (Å²) in [4.78, 5) is 13.0. The number of aryl methyl sites for hydroxylation is 2. The van der Waals surface area contributed by atoms with Crippen LogP contribution in [0.25, 0.3) is 11.2 Å². The highest BCUT2D eigenvalue weighted by molar-refractivity contribution is 5.74. The van der Waals surface area contributed by atoms with Gasteiger partial charge in [-0.15, -0.1) is 0 Å². The number of nitrogens with one attached hydrogen (secondary N) is 1. The SMILES string of the molecule is Cc1nc(NC(C)CN)nc2c1ncn2C. The summed E-state index contributed by atoms with van der Waals surface area (Å²) in [6, 6.07) is 0.157. The molecule has 3 N–H and O–H groups in total. The van der Waals surface area contributed by atoms with E-state index in [9.17, 15) is 0 Å². The molecule has 0 fully saturated rings. The smallest absolute Gasteiger partial charge is 0.225 e. The first-order chi connectivity index (χ1) is 7.61. The van der Waals surface area contributed by atoms with E-state index in [1.807, 2.05) is 25.5 Å². The minimum absolute atomic E-state index is 0.157. The lowest BCUT2D eigenvalue weighted by Crippen LogP contribution is -2.26. The highest BCUT2D eigenvalue weighted by atomic mass is 15.2. The third kappa shape index (κ3) is 1.83. The molecule has 2 heterocycles. The fourth-order valence-corrected chi connectivity index (χ4v) is 1.49. The largest absolute Gasteiger partial charge is 0.350 e. The fraction of sp³-hybridized carbons (Fsp3) is 0.500. The van der Waals surface area contributed by atoms with Crippen molar-refractivity contribution in [1.29, 1.82) is 0 Å². The number of nitrogens with zero attached hydrogens (tertiary/aromatic N) is 4. The van der Waals surface area contributed by atoms with E-state index in [1.165, 1.54) is 0 Å². The Morgan fingerprint density at radius 3 is 2.94 bits per heavy atom. The molecule has 0 saturated carbocycles. The summed E-state index contributed by atoms with van der Waals surface area (Å²) in [6.45, 7) is 4.47. The molecule has 0 radical (unpaired) electrons. The van der Waals surface area contributed by atoms with Crippen molar-refractivity contribution in [3.8, 4) is 0 Å². The Labute approximate surface area is 93.9 Å². The van der Waals surface area contributed by atoms with E-state index in [1.54, 1.807) is 6.33 Å². The van der Waals surface area contributed by atoms with Gasteiger partial charge in [0.2, 0.25) is 5.95 Å². The summed E-state index contributed by atoms with van der Waals surface area (Å²) >= 11 is 0. The summed E-state index contributed by atoms with van der Waals surface area (Å²) in [6.07, 6.45) is 1.74. The summed E-state index contributed by atoms with van der Waals surface area (Å²) in [5, 5.41) is 3.15. The van der Waals surface area contributed by atoms with Crippen molar-refractivity contribution in [2.24, 2.45) is 12.8 Å². The number of fused-ring (bicyclic) bond motifs is 1. The van der Waals surface area contributed by atoms with Crippen LogP contribution in [0.1, 0.15) is 12.6 Å². The topological polar surface area (TPSA) is 81.7 Å². The van der Waals surface area contributed by atoms with Crippen molar-refractivity contribution >= 4 is 17.1 Å². The van der Waals surface area contributed by atoms with Gasteiger partial charge in [-0.3, -0.25) is 0 Å². The molecule has 0 aliphatic rings. The average Bonchev–Trinajstić information content (AvgIpc) is 2.61. The molecule has 0 aliphatic carbocycles. The van der Waals surface area contributed by atoms with Gasteiger partial charge in [0.1, 0.15) is 5.52 Å². The Bertz CT molecular complexity index is 503. The number of rotatable bonds is 3. The minimum atomic E-state index is 0.157. The van der Waals surface area contributed by atoms with E-state index in [0.717, 1.165) is 16.9 Å². The molecule has 2 aromatic heterocycles. The Morgan fingerprint density at radius 1 is 1.50 bits per heavy atom. The van der Waals surface area contributed by atoms with Crippen LogP contribution in [0.4, 0.5) is 5.95 Å². The third-order valence-corrected chi connectivity index (χ3v) is 2.46. The van der Waals surface area contributed by atoms with Crippen molar-refractivity contribution in [3.63, 3.8) is 0 Å². The first-order valence-electron chi connectivity index (χ1n) is 5.24. The molecule has 2 aromatic rings. The molecule has 0 aliphatic heterocycles. The molecule has 16 heavy (non-hydrogen) atoms. The first kappa shape index (κ1) is 10.8. The van der Waals surface area contributed by atoms with Crippen molar-refractivity contribution in [3.05, 3.63) is 12.0 Å². The number of aromatic nitrogens is 4. The standard InChI is InChI=1S/C10H16N6/c1-6(4-11)13-10-14-7(2)8-9(15-10)16(3)5-12-8/h5-6H,4,11H2,1-3H3,(H,13,14,15). The zero-order valence-electron chi connectivity index (χ0n) is 9.73. The maximum atomic E-state index is 5.54. The number of nitrogens with two attached hydrogens (primary N) is 1. The van der Waals surface area contributed by atoms with E-state index in [-0.39, 0.29) is 6.04 Å². The van der Waals surface area contributed by atoms with Crippen LogP contribution in [0.3, 0.4) is 0 Å². The van der Waals surface area contributed by atoms with Crippen LogP contribution >= 0.6 is 0 Å². The molecule has 1 unspecified atom stereocenters. The van der Waals surface area contributed by atoms with Crippen molar-refractivity contribution in [2.45, 2.75) is 19.9 Å². The quantitative estimate of drug-likeness (QED) is 0.784. The number of hydrogen-bond donors (Lipinski definition) is 2. The summed E-state index contributed by atoms with van der Waals surface area (Å²) in [5.41, 5.74) is 8.09. The van der Waals surface area contributed by atoms with Crippen LogP contribution in [-0.4, -0.2) is 32.1 Å². The zero-order valence-corrected chi connectivity index (χ0v) is 9.73. The summed E-state index contributed by atoms with van der Waals surface area (Å²) in [5.74, 6) is 0.603. The number of anilines is 1. The Kier molecular flexibility index (Phi) is 2.74. The Hall–Kier alpha value is -1.69. The monoisotopic (exact) mass is 220 g/mol. The van der Waals surface area contributed by atoms with Gasteiger partial charge in [0.25, 0.3) is 0 Å². The minimum Gasteiger partial charge on any atom is -0.350 e. The van der Waals surface area contributed by atoms with Gasteiger partial charge in [0.05, 0.1) is 12.0 Å². The molecule has 0 bridgehead atoms. The molecule has 0 amide bonds. The highest BCUT2D eigenvalue weighted by Crippen LogP contribution is 2.14. The Balaban J connectivity index is 2.44. The van der Waals surface area contributed by atoms with Crippen LogP contribution in [0, 0.1) is 6.92 Å². The second-order valence-electron chi connectivity index (χ2n) is 3.94. The van der Waals surface area contributed by atoms with Gasteiger partial charge in [-0.25, -0.2) is 9.97 Å². The first-order valence-corrected chi connectivity index (χ1v) is 5.24. The lowest BCUT2D eigenvalue weighted by molar-refractivity contribution is 0.789. The van der Waals surface area contributed by atoms with Crippen molar-refractivity contribution in [2.75, 3.05) is 11.9 Å². The molecule has 2 rings (SSSR count). The molecule has 0 aromatic carbocycles. The highest BCUT2D eigenvalue weighted by Gasteiger charge is 2.09. The maximum Gasteiger partial charge on any atom is 0.225 e. The second-order valence-corrected chi connectivity index (χ2v) is 3.94. The van der Waals surface area contributed by atoms with E-state index in [2.05, 4.69) is 20.3 Å². The van der Waals surface area contributed by atoms with E-state index in [4.69, 9.17) is 5.73 Å². The van der Waals surface area contributed by atoms with Crippen LogP contribution in [0.2, 0.25) is 0 Å². The van der Waals surface area contributed by atoms with Gasteiger partial charge in [-0.2, -0.15) is 4.98 Å². The van der Waals surface area contributed by atoms with E-state index < -0.39 is 0 Å². The van der Waals surface area contributed by atoms with Gasteiger partial charge in [-0.1, -0.05) is 0 Å². The second kappa shape index (κ2) is 4.05. The van der Waals surface area contributed by atoms with Gasteiger partial charge >= 0.3 is 0 Å². The molecular weight excluding hydrogens is 204 g/mol. The van der Waals surface area contributed by atoms with Crippen LogP contribution in [0.5, 0.6) is 0 Å². The lowest BCUT2D eigenvalue weighted by Gasteiger charge is -2.11. The van der Waals surface area contributed by atoms with Gasteiger partial charge in [-0.05, 0) is 13.8 Å². The third-order valence-electron chi connectivity index (χ3n) is 2.46. The van der Waals surface area contributed by atoms with Crippen LogP contribution in [-0.2, 0) is 7.05 Å². The molecule has 0 saturated heterocycles. The Morgan fingerprint density at radius 2 is 2.25 bits per heavy atom. The average molecular weight is 220 g/mol. The van der Waals surface area contributed by atoms with Gasteiger partial charge in [0.15, 0.2) is 5.65 Å².